The minimum atomic E-state index is 0.0357. The Hall–Kier alpha value is -2.21. The number of hydrogen-bond donors (Lipinski definition) is 1. The van der Waals surface area contributed by atoms with Crippen molar-refractivity contribution in [1.29, 1.82) is 0 Å². The Morgan fingerprint density at radius 3 is 3.17 bits per heavy atom. The Kier molecular flexibility index (Phi) is 5.96. The second-order valence-electron chi connectivity index (χ2n) is 6.06. The highest BCUT2D eigenvalue weighted by molar-refractivity contribution is 5.75. The molecule has 0 saturated carbocycles. The average Bonchev–Trinajstić information content (AvgIpc) is 3.13. The molecule has 6 heteroatoms. The molecule has 1 N–H and O–H groups in total. The summed E-state index contributed by atoms with van der Waals surface area (Å²) >= 11 is 0. The normalized spacial score (nSPS) is 16.6. The van der Waals surface area contributed by atoms with Crippen molar-refractivity contribution in [3.63, 3.8) is 0 Å². The highest BCUT2D eigenvalue weighted by Gasteiger charge is 2.19. The average molecular weight is 328 g/mol. The molecule has 0 spiro atoms. The number of amides is 1. The number of benzene rings is 1. The molecule has 1 heterocycles. The molecule has 1 atom stereocenters. The van der Waals surface area contributed by atoms with Gasteiger partial charge in [0.2, 0.25) is 5.91 Å². The third kappa shape index (κ3) is 4.64. The lowest BCUT2D eigenvalue weighted by Crippen LogP contribution is -2.26. The Morgan fingerprint density at radius 2 is 2.29 bits per heavy atom. The molecule has 0 radical (unpaired) electrons. The molecule has 1 aliphatic carbocycles. The van der Waals surface area contributed by atoms with E-state index < -0.39 is 0 Å². The van der Waals surface area contributed by atoms with Crippen LogP contribution in [0.4, 0.5) is 0 Å². The Balaban J connectivity index is 1.31. The van der Waals surface area contributed by atoms with Crippen molar-refractivity contribution in [2.45, 2.75) is 44.8 Å². The standard InChI is InChI=1S/C18H24N4O2/c23-18(9-11-22-14-19-13-21-22)20-10-4-12-24-17-8-3-6-15-5-1-2-7-16(15)17/h1-2,5,7,13-14,17H,3-4,6,8-12H2,(H,20,23)/t17-/m1/s1. The van der Waals surface area contributed by atoms with E-state index in [2.05, 4.69) is 39.7 Å². The van der Waals surface area contributed by atoms with E-state index in [9.17, 15) is 4.79 Å². The van der Waals surface area contributed by atoms with Crippen LogP contribution in [0.2, 0.25) is 0 Å². The molecule has 0 unspecified atom stereocenters. The van der Waals surface area contributed by atoms with Gasteiger partial charge in [0, 0.05) is 19.6 Å². The van der Waals surface area contributed by atoms with Gasteiger partial charge in [-0.1, -0.05) is 24.3 Å². The number of ether oxygens (including phenoxy) is 1. The van der Waals surface area contributed by atoms with Gasteiger partial charge in [-0.15, -0.1) is 0 Å². The summed E-state index contributed by atoms with van der Waals surface area (Å²) in [5.74, 6) is 0.0357. The molecule has 0 aliphatic heterocycles. The molecule has 3 rings (SSSR count). The largest absolute Gasteiger partial charge is 0.373 e. The second-order valence-corrected chi connectivity index (χ2v) is 6.06. The maximum absolute atomic E-state index is 11.8. The highest BCUT2D eigenvalue weighted by Crippen LogP contribution is 2.32. The Labute approximate surface area is 142 Å². The van der Waals surface area contributed by atoms with Crippen LogP contribution in [-0.2, 0) is 22.5 Å². The first-order chi connectivity index (χ1) is 11.8. The predicted octanol–water partition coefficient (Wildman–Crippen LogP) is 2.27. The van der Waals surface area contributed by atoms with Gasteiger partial charge in [-0.25, -0.2) is 4.98 Å². The predicted molar refractivity (Wildman–Crippen MR) is 90.3 cm³/mol. The maximum Gasteiger partial charge on any atom is 0.221 e. The van der Waals surface area contributed by atoms with Gasteiger partial charge < -0.3 is 10.1 Å². The van der Waals surface area contributed by atoms with Gasteiger partial charge in [-0.3, -0.25) is 9.48 Å². The van der Waals surface area contributed by atoms with Gasteiger partial charge in [-0.2, -0.15) is 5.10 Å². The third-order valence-electron chi connectivity index (χ3n) is 4.31. The van der Waals surface area contributed by atoms with Crippen LogP contribution in [0.15, 0.2) is 36.9 Å². The van der Waals surface area contributed by atoms with E-state index in [4.69, 9.17) is 4.74 Å². The molecule has 1 aliphatic rings. The molecule has 2 aromatic rings. The zero-order valence-corrected chi connectivity index (χ0v) is 13.9. The summed E-state index contributed by atoms with van der Waals surface area (Å²) in [5, 5.41) is 6.90. The molecule has 0 bridgehead atoms. The van der Waals surface area contributed by atoms with Crippen LogP contribution in [0.25, 0.3) is 0 Å². The summed E-state index contributed by atoms with van der Waals surface area (Å²) < 4.78 is 7.69. The summed E-state index contributed by atoms with van der Waals surface area (Å²) in [6.07, 6.45) is 7.95. The van der Waals surface area contributed by atoms with Crippen molar-refractivity contribution in [3.05, 3.63) is 48.0 Å². The van der Waals surface area contributed by atoms with Crippen LogP contribution in [0, 0.1) is 0 Å². The van der Waals surface area contributed by atoms with E-state index in [1.54, 1.807) is 11.0 Å². The minimum absolute atomic E-state index is 0.0357. The summed E-state index contributed by atoms with van der Waals surface area (Å²) in [6, 6.07) is 8.54. The molecular weight excluding hydrogens is 304 g/mol. The summed E-state index contributed by atoms with van der Waals surface area (Å²) in [6.45, 7) is 1.87. The van der Waals surface area contributed by atoms with Crippen LogP contribution in [-0.4, -0.2) is 33.8 Å². The fourth-order valence-electron chi connectivity index (χ4n) is 3.06. The quantitative estimate of drug-likeness (QED) is 0.755. The van der Waals surface area contributed by atoms with Crippen molar-refractivity contribution in [2.75, 3.05) is 13.2 Å². The zero-order valence-electron chi connectivity index (χ0n) is 13.9. The number of carbonyl (C=O) groups excluding carboxylic acids is 1. The molecule has 24 heavy (non-hydrogen) atoms. The molecule has 0 saturated heterocycles. The number of carbonyl (C=O) groups is 1. The van der Waals surface area contributed by atoms with E-state index >= 15 is 0 Å². The molecule has 128 valence electrons. The van der Waals surface area contributed by atoms with Crippen LogP contribution in [0.1, 0.15) is 42.9 Å². The van der Waals surface area contributed by atoms with Crippen LogP contribution in [0.5, 0.6) is 0 Å². The number of aryl methyl sites for hydroxylation is 2. The molecule has 6 nitrogen and oxygen atoms in total. The topological polar surface area (TPSA) is 69.0 Å². The Bertz CT molecular complexity index is 642. The Morgan fingerprint density at radius 1 is 1.38 bits per heavy atom. The van der Waals surface area contributed by atoms with Gasteiger partial charge in [0.25, 0.3) is 0 Å². The van der Waals surface area contributed by atoms with Crippen molar-refractivity contribution in [1.82, 2.24) is 20.1 Å². The van der Waals surface area contributed by atoms with Crippen molar-refractivity contribution < 1.29 is 9.53 Å². The van der Waals surface area contributed by atoms with Crippen molar-refractivity contribution in [2.24, 2.45) is 0 Å². The molecule has 1 aromatic carbocycles. The fourth-order valence-corrected chi connectivity index (χ4v) is 3.06. The van der Waals surface area contributed by atoms with Crippen molar-refractivity contribution in [3.8, 4) is 0 Å². The van der Waals surface area contributed by atoms with Gasteiger partial charge >= 0.3 is 0 Å². The molecule has 1 aromatic heterocycles. The minimum Gasteiger partial charge on any atom is -0.373 e. The zero-order chi connectivity index (χ0) is 16.6. The van der Waals surface area contributed by atoms with Gasteiger partial charge in [-0.05, 0) is 36.8 Å². The fraction of sp³-hybridized carbons (Fsp3) is 0.500. The second kappa shape index (κ2) is 8.59. The van der Waals surface area contributed by atoms with E-state index in [1.165, 1.54) is 23.9 Å². The lowest BCUT2D eigenvalue weighted by atomic mass is 9.89. The monoisotopic (exact) mass is 328 g/mol. The number of hydrogen-bond acceptors (Lipinski definition) is 4. The van der Waals surface area contributed by atoms with Gasteiger partial charge in [0.15, 0.2) is 0 Å². The van der Waals surface area contributed by atoms with Gasteiger partial charge in [0.05, 0.1) is 12.6 Å². The number of aromatic nitrogens is 3. The lowest BCUT2D eigenvalue weighted by molar-refractivity contribution is -0.121. The lowest BCUT2D eigenvalue weighted by Gasteiger charge is -2.25. The van der Waals surface area contributed by atoms with Gasteiger partial charge in [0.1, 0.15) is 12.7 Å². The summed E-state index contributed by atoms with van der Waals surface area (Å²) in [5.41, 5.74) is 2.75. The van der Waals surface area contributed by atoms with E-state index in [1.807, 2.05) is 0 Å². The van der Waals surface area contributed by atoms with E-state index in [-0.39, 0.29) is 12.0 Å². The third-order valence-corrected chi connectivity index (χ3v) is 4.31. The van der Waals surface area contributed by atoms with E-state index in [0.29, 0.717) is 26.1 Å². The number of rotatable bonds is 8. The van der Waals surface area contributed by atoms with E-state index in [0.717, 1.165) is 19.3 Å². The number of nitrogens with one attached hydrogen (secondary N) is 1. The number of nitrogens with zero attached hydrogens (tertiary/aromatic N) is 3. The smallest absolute Gasteiger partial charge is 0.221 e. The first-order valence-electron chi connectivity index (χ1n) is 8.61. The molecule has 0 fully saturated rings. The SMILES string of the molecule is O=C(CCn1cncn1)NCCCO[C@@H]1CCCc2ccccc21. The van der Waals surface area contributed by atoms with Crippen LogP contribution in [0.3, 0.4) is 0 Å². The maximum atomic E-state index is 11.8. The first-order valence-corrected chi connectivity index (χ1v) is 8.61. The first kappa shape index (κ1) is 16.6. The summed E-state index contributed by atoms with van der Waals surface area (Å²) in [7, 11) is 0. The molecule has 1 amide bonds. The van der Waals surface area contributed by atoms with Crippen molar-refractivity contribution >= 4 is 5.91 Å². The van der Waals surface area contributed by atoms with Crippen LogP contribution >= 0.6 is 0 Å². The van der Waals surface area contributed by atoms with Crippen LogP contribution < -0.4 is 5.32 Å². The number of fused-ring (bicyclic) bond motifs is 1. The molecular formula is C18H24N4O2. The summed E-state index contributed by atoms with van der Waals surface area (Å²) in [4.78, 5) is 15.6. The highest BCUT2D eigenvalue weighted by atomic mass is 16.5.